The zero-order valence-electron chi connectivity index (χ0n) is 14.8. The quantitative estimate of drug-likeness (QED) is 0.562. The smallest absolute Gasteiger partial charge is 0.248 e. The molecule has 0 spiro atoms. The first-order chi connectivity index (χ1) is 13.1. The van der Waals surface area contributed by atoms with Crippen LogP contribution in [0.25, 0.3) is 22.4 Å². The summed E-state index contributed by atoms with van der Waals surface area (Å²) in [6.07, 6.45) is 0. The molecule has 0 aliphatic carbocycles. The van der Waals surface area contributed by atoms with Gasteiger partial charge in [-0.05, 0) is 42.5 Å². The van der Waals surface area contributed by atoms with E-state index in [1.807, 2.05) is 37.3 Å². The number of carbonyl (C=O) groups is 1. The van der Waals surface area contributed by atoms with Gasteiger partial charge in [-0.15, -0.1) is 10.2 Å². The Morgan fingerprint density at radius 1 is 1.26 bits per heavy atom. The number of amides is 1. The van der Waals surface area contributed by atoms with Crippen LogP contribution in [0.15, 0.2) is 42.5 Å². The number of H-pyrrole nitrogens is 1. The Kier molecular flexibility index (Phi) is 4.25. The fourth-order valence-corrected chi connectivity index (χ4v) is 2.77. The topological polar surface area (TPSA) is 111 Å². The van der Waals surface area contributed by atoms with Crippen LogP contribution in [-0.4, -0.2) is 43.2 Å². The van der Waals surface area contributed by atoms with Crippen molar-refractivity contribution in [3.05, 3.63) is 48.3 Å². The number of aromatic nitrogens is 6. The Morgan fingerprint density at radius 2 is 2.11 bits per heavy atom. The molecule has 9 heteroatoms. The molecule has 9 nitrogen and oxygen atoms in total. The van der Waals surface area contributed by atoms with Crippen molar-refractivity contribution in [1.82, 2.24) is 30.2 Å². The number of aromatic amines is 1. The summed E-state index contributed by atoms with van der Waals surface area (Å²) in [6.45, 7) is 1.84. The summed E-state index contributed by atoms with van der Waals surface area (Å²) in [6, 6.07) is 12.9. The van der Waals surface area contributed by atoms with Gasteiger partial charge >= 0.3 is 0 Å². The summed E-state index contributed by atoms with van der Waals surface area (Å²) in [4.78, 5) is 21.1. The molecule has 0 unspecified atom stereocenters. The SMILES string of the molecule is COc1ccccc1NC(=O)Cn1nnc(-c2ccc3nc(C)[nH]c3c2)n1. The molecule has 2 aromatic carbocycles. The van der Waals surface area contributed by atoms with Crippen molar-refractivity contribution < 1.29 is 9.53 Å². The van der Waals surface area contributed by atoms with E-state index in [9.17, 15) is 4.79 Å². The second-order valence-electron chi connectivity index (χ2n) is 5.95. The third-order valence-corrected chi connectivity index (χ3v) is 3.98. The van der Waals surface area contributed by atoms with E-state index in [4.69, 9.17) is 4.74 Å². The molecule has 0 atom stereocenters. The van der Waals surface area contributed by atoms with Crippen LogP contribution in [0.5, 0.6) is 5.75 Å². The minimum absolute atomic E-state index is 0.0591. The fourth-order valence-electron chi connectivity index (χ4n) is 2.77. The highest BCUT2D eigenvalue weighted by molar-refractivity contribution is 5.92. The number of para-hydroxylation sites is 2. The van der Waals surface area contributed by atoms with Gasteiger partial charge in [-0.2, -0.15) is 4.80 Å². The van der Waals surface area contributed by atoms with Crippen molar-refractivity contribution in [2.24, 2.45) is 0 Å². The minimum atomic E-state index is -0.275. The molecule has 1 amide bonds. The van der Waals surface area contributed by atoms with Crippen LogP contribution < -0.4 is 10.1 Å². The van der Waals surface area contributed by atoms with Crippen LogP contribution in [0.3, 0.4) is 0 Å². The number of methoxy groups -OCH3 is 1. The Labute approximate surface area is 154 Å². The second kappa shape index (κ2) is 6.87. The monoisotopic (exact) mass is 363 g/mol. The number of imidazole rings is 1. The van der Waals surface area contributed by atoms with E-state index in [0.29, 0.717) is 17.3 Å². The van der Waals surface area contributed by atoms with Crippen LogP contribution in [0.4, 0.5) is 5.69 Å². The maximum Gasteiger partial charge on any atom is 0.248 e. The maximum atomic E-state index is 12.3. The van der Waals surface area contributed by atoms with Crippen LogP contribution in [0.1, 0.15) is 5.82 Å². The highest BCUT2D eigenvalue weighted by atomic mass is 16.5. The van der Waals surface area contributed by atoms with Gasteiger partial charge in [-0.1, -0.05) is 12.1 Å². The summed E-state index contributed by atoms with van der Waals surface area (Å²) in [5, 5.41) is 15.1. The molecule has 27 heavy (non-hydrogen) atoms. The van der Waals surface area contributed by atoms with Crippen LogP contribution in [0.2, 0.25) is 0 Å². The van der Waals surface area contributed by atoms with Gasteiger partial charge < -0.3 is 15.0 Å². The molecule has 2 N–H and O–H groups in total. The highest BCUT2D eigenvalue weighted by Crippen LogP contribution is 2.23. The molecule has 4 aromatic rings. The highest BCUT2D eigenvalue weighted by Gasteiger charge is 2.12. The standard InChI is InChI=1S/C18H17N7O2/c1-11-19-13-8-7-12(9-15(13)20-11)18-22-24-25(23-18)10-17(26)21-14-5-3-4-6-16(14)27-2/h3-9H,10H2,1-2H3,(H,19,20)(H,21,26). The van der Waals surface area contributed by atoms with E-state index in [1.165, 1.54) is 4.80 Å². The van der Waals surface area contributed by atoms with Crippen molar-refractivity contribution in [1.29, 1.82) is 0 Å². The van der Waals surface area contributed by atoms with E-state index < -0.39 is 0 Å². The van der Waals surface area contributed by atoms with Crippen LogP contribution in [-0.2, 0) is 11.3 Å². The Bertz CT molecular complexity index is 1120. The lowest BCUT2D eigenvalue weighted by molar-refractivity contribution is -0.117. The van der Waals surface area contributed by atoms with Crippen molar-refractivity contribution >= 4 is 22.6 Å². The molecule has 4 rings (SSSR count). The third kappa shape index (κ3) is 3.47. The zero-order chi connectivity index (χ0) is 18.8. The first kappa shape index (κ1) is 16.7. The summed E-state index contributed by atoms with van der Waals surface area (Å²) >= 11 is 0. The van der Waals surface area contributed by atoms with E-state index in [1.54, 1.807) is 19.2 Å². The van der Waals surface area contributed by atoms with E-state index >= 15 is 0 Å². The molecule has 2 heterocycles. The summed E-state index contributed by atoms with van der Waals surface area (Å²) in [7, 11) is 1.55. The van der Waals surface area contributed by atoms with Crippen molar-refractivity contribution in [3.8, 4) is 17.1 Å². The molecule has 2 aromatic heterocycles. The molecule has 0 bridgehead atoms. The molecule has 0 fully saturated rings. The number of hydrogen-bond acceptors (Lipinski definition) is 6. The number of nitrogens with zero attached hydrogens (tertiary/aromatic N) is 5. The number of fused-ring (bicyclic) bond motifs is 1. The number of rotatable bonds is 5. The normalized spacial score (nSPS) is 10.9. The van der Waals surface area contributed by atoms with Gasteiger partial charge in [0.2, 0.25) is 11.7 Å². The van der Waals surface area contributed by atoms with E-state index in [2.05, 4.69) is 30.7 Å². The number of carbonyl (C=O) groups excluding carboxylic acids is 1. The number of anilines is 1. The number of hydrogen-bond donors (Lipinski definition) is 2. The van der Waals surface area contributed by atoms with Gasteiger partial charge in [0.1, 0.15) is 18.1 Å². The molecule has 136 valence electrons. The zero-order valence-corrected chi connectivity index (χ0v) is 14.8. The lowest BCUT2D eigenvalue weighted by atomic mass is 10.2. The number of tetrazole rings is 1. The number of ether oxygens (including phenoxy) is 1. The molecule has 0 radical (unpaired) electrons. The largest absolute Gasteiger partial charge is 0.495 e. The lowest BCUT2D eigenvalue weighted by Gasteiger charge is -2.09. The summed E-state index contributed by atoms with van der Waals surface area (Å²) in [5.74, 6) is 1.59. The number of benzene rings is 2. The Morgan fingerprint density at radius 3 is 2.96 bits per heavy atom. The predicted octanol–water partition coefficient (Wildman–Crippen LogP) is 2.17. The van der Waals surface area contributed by atoms with Crippen LogP contribution >= 0.6 is 0 Å². The van der Waals surface area contributed by atoms with Gasteiger partial charge in [0, 0.05) is 5.56 Å². The average molecular weight is 363 g/mol. The first-order valence-corrected chi connectivity index (χ1v) is 8.30. The molecule has 0 saturated carbocycles. The van der Waals surface area contributed by atoms with E-state index in [-0.39, 0.29) is 12.5 Å². The van der Waals surface area contributed by atoms with Gasteiger partial charge in [-0.3, -0.25) is 4.79 Å². The van der Waals surface area contributed by atoms with Gasteiger partial charge in [-0.25, -0.2) is 4.98 Å². The predicted molar refractivity (Wildman–Crippen MR) is 99.3 cm³/mol. The van der Waals surface area contributed by atoms with Gasteiger partial charge in [0.25, 0.3) is 0 Å². The summed E-state index contributed by atoms with van der Waals surface area (Å²) < 4.78 is 5.22. The van der Waals surface area contributed by atoms with Crippen molar-refractivity contribution in [2.45, 2.75) is 13.5 Å². The first-order valence-electron chi connectivity index (χ1n) is 8.30. The second-order valence-corrected chi connectivity index (χ2v) is 5.95. The molecule has 0 aliphatic heterocycles. The molecule has 0 saturated heterocycles. The minimum Gasteiger partial charge on any atom is -0.495 e. The fraction of sp³-hybridized carbons (Fsp3) is 0.167. The van der Waals surface area contributed by atoms with Gasteiger partial charge in [0.05, 0.1) is 23.8 Å². The third-order valence-electron chi connectivity index (χ3n) is 3.98. The van der Waals surface area contributed by atoms with E-state index in [0.717, 1.165) is 22.4 Å². The van der Waals surface area contributed by atoms with Crippen molar-refractivity contribution in [3.63, 3.8) is 0 Å². The maximum absolute atomic E-state index is 12.3. The molecular weight excluding hydrogens is 346 g/mol. The molecule has 0 aliphatic rings. The van der Waals surface area contributed by atoms with Gasteiger partial charge in [0.15, 0.2) is 0 Å². The average Bonchev–Trinajstić information content (AvgIpc) is 3.26. The van der Waals surface area contributed by atoms with Crippen LogP contribution in [0, 0.1) is 6.92 Å². The summed E-state index contributed by atoms with van der Waals surface area (Å²) in [5.41, 5.74) is 3.16. The van der Waals surface area contributed by atoms with Crippen molar-refractivity contribution in [2.75, 3.05) is 12.4 Å². The number of nitrogens with one attached hydrogen (secondary N) is 2. The number of aryl methyl sites for hydroxylation is 1. The Hall–Kier alpha value is -3.75. The Balaban J connectivity index is 1.49. The lowest BCUT2D eigenvalue weighted by Crippen LogP contribution is -2.20. The molecular formula is C18H17N7O2.